The van der Waals surface area contributed by atoms with E-state index in [4.69, 9.17) is 9.15 Å². The molecule has 0 saturated carbocycles. The first kappa shape index (κ1) is 12.9. The van der Waals surface area contributed by atoms with Gasteiger partial charge in [-0.05, 0) is 30.0 Å². The van der Waals surface area contributed by atoms with Crippen molar-refractivity contribution in [3.05, 3.63) is 46.5 Å². The summed E-state index contributed by atoms with van der Waals surface area (Å²) >= 11 is 1.44. The zero-order chi connectivity index (χ0) is 12.6. The average molecular weight is 265 g/mol. The van der Waals surface area contributed by atoms with Gasteiger partial charge in [0.05, 0.1) is 11.1 Å². The number of furan rings is 1. The molecule has 0 aliphatic carbocycles. The summed E-state index contributed by atoms with van der Waals surface area (Å²) in [6.07, 6.45) is 2.41. The van der Waals surface area contributed by atoms with E-state index in [2.05, 4.69) is 5.32 Å². The molecule has 0 aromatic carbocycles. The second kappa shape index (κ2) is 6.98. The molecule has 2 aromatic heterocycles. The monoisotopic (exact) mass is 265 g/mol. The van der Waals surface area contributed by atoms with Crippen LogP contribution in [0.3, 0.4) is 0 Å². The van der Waals surface area contributed by atoms with Crippen LogP contribution in [0.5, 0.6) is 0 Å². The highest BCUT2D eigenvalue weighted by molar-refractivity contribution is 7.12. The van der Waals surface area contributed by atoms with Gasteiger partial charge < -0.3 is 14.5 Å². The molecule has 2 heterocycles. The van der Waals surface area contributed by atoms with Gasteiger partial charge in [-0.25, -0.2) is 0 Å². The van der Waals surface area contributed by atoms with Crippen molar-refractivity contribution in [3.8, 4) is 0 Å². The van der Waals surface area contributed by atoms with E-state index in [0.717, 1.165) is 17.1 Å². The molecule has 0 spiro atoms. The van der Waals surface area contributed by atoms with Crippen molar-refractivity contribution in [1.82, 2.24) is 5.32 Å². The maximum Gasteiger partial charge on any atom is 0.261 e. The van der Waals surface area contributed by atoms with Crippen LogP contribution in [-0.4, -0.2) is 19.1 Å². The molecule has 18 heavy (non-hydrogen) atoms. The van der Waals surface area contributed by atoms with Gasteiger partial charge in [-0.2, -0.15) is 0 Å². The Balaban J connectivity index is 1.52. The van der Waals surface area contributed by atoms with Crippen molar-refractivity contribution in [2.24, 2.45) is 0 Å². The Morgan fingerprint density at radius 2 is 2.33 bits per heavy atom. The van der Waals surface area contributed by atoms with Crippen LogP contribution in [-0.2, 0) is 11.3 Å². The van der Waals surface area contributed by atoms with E-state index in [1.807, 2.05) is 29.6 Å². The van der Waals surface area contributed by atoms with Crippen LogP contribution >= 0.6 is 11.3 Å². The average Bonchev–Trinajstić information content (AvgIpc) is 3.05. The predicted molar refractivity (Wildman–Crippen MR) is 69.6 cm³/mol. The Kier molecular flexibility index (Phi) is 4.99. The number of ether oxygens (including phenoxy) is 1. The molecule has 1 N–H and O–H groups in total. The Morgan fingerprint density at radius 3 is 3.06 bits per heavy atom. The maximum atomic E-state index is 11.6. The molecular weight excluding hydrogens is 250 g/mol. The summed E-state index contributed by atoms with van der Waals surface area (Å²) in [5.74, 6) is 0.800. The number of nitrogens with one attached hydrogen (secondary N) is 1. The maximum absolute atomic E-state index is 11.6. The first-order chi connectivity index (χ1) is 8.86. The fraction of sp³-hybridized carbons (Fsp3) is 0.308. The standard InChI is InChI=1S/C13H15NO3S/c15-13(12-5-2-9-18-12)14-6-3-7-16-10-11-4-1-8-17-11/h1-2,4-5,8-9H,3,6-7,10H2,(H,14,15). The van der Waals surface area contributed by atoms with Crippen LogP contribution in [0.2, 0.25) is 0 Å². The third-order valence-electron chi connectivity index (χ3n) is 2.32. The summed E-state index contributed by atoms with van der Waals surface area (Å²) in [5.41, 5.74) is 0. The van der Waals surface area contributed by atoms with Crippen LogP contribution in [0.1, 0.15) is 21.9 Å². The highest BCUT2D eigenvalue weighted by Crippen LogP contribution is 2.07. The van der Waals surface area contributed by atoms with E-state index in [1.165, 1.54) is 11.3 Å². The second-order valence-corrected chi connectivity index (χ2v) is 4.67. The molecule has 4 nitrogen and oxygen atoms in total. The lowest BCUT2D eigenvalue weighted by molar-refractivity contribution is 0.0920. The molecule has 5 heteroatoms. The molecule has 0 fully saturated rings. The first-order valence-electron chi connectivity index (χ1n) is 5.78. The van der Waals surface area contributed by atoms with Crippen LogP contribution in [0.4, 0.5) is 0 Å². The molecule has 0 saturated heterocycles. The smallest absolute Gasteiger partial charge is 0.261 e. The van der Waals surface area contributed by atoms with Crippen LogP contribution in [0.15, 0.2) is 40.3 Å². The molecule has 0 bridgehead atoms. The Labute approximate surface area is 110 Å². The van der Waals surface area contributed by atoms with Gasteiger partial charge in [-0.15, -0.1) is 11.3 Å². The molecule has 0 aliphatic heterocycles. The SMILES string of the molecule is O=C(NCCCOCc1ccco1)c1cccs1. The molecule has 96 valence electrons. The quantitative estimate of drug-likeness (QED) is 0.783. The van der Waals surface area contributed by atoms with E-state index in [9.17, 15) is 4.79 Å². The number of carbonyl (C=O) groups is 1. The summed E-state index contributed by atoms with van der Waals surface area (Å²) in [6.45, 7) is 1.70. The topological polar surface area (TPSA) is 51.5 Å². The molecule has 0 atom stereocenters. The zero-order valence-electron chi connectivity index (χ0n) is 9.93. The van der Waals surface area contributed by atoms with Crippen molar-refractivity contribution >= 4 is 17.2 Å². The Morgan fingerprint density at radius 1 is 1.39 bits per heavy atom. The summed E-state index contributed by atoms with van der Waals surface area (Å²) in [4.78, 5) is 12.3. The minimum atomic E-state index is -0.0176. The van der Waals surface area contributed by atoms with Crippen molar-refractivity contribution in [2.45, 2.75) is 13.0 Å². The second-order valence-electron chi connectivity index (χ2n) is 3.72. The summed E-state index contributed by atoms with van der Waals surface area (Å²) in [5, 5.41) is 4.74. The number of hydrogen-bond acceptors (Lipinski definition) is 4. The molecule has 0 aliphatic rings. The lowest BCUT2D eigenvalue weighted by Crippen LogP contribution is -2.24. The van der Waals surface area contributed by atoms with E-state index < -0.39 is 0 Å². The number of carbonyl (C=O) groups excluding carboxylic acids is 1. The van der Waals surface area contributed by atoms with Gasteiger partial charge in [0.15, 0.2) is 0 Å². The van der Waals surface area contributed by atoms with Gasteiger partial charge in [-0.3, -0.25) is 4.79 Å². The molecule has 0 radical (unpaired) electrons. The third-order valence-corrected chi connectivity index (χ3v) is 3.19. The first-order valence-corrected chi connectivity index (χ1v) is 6.66. The number of hydrogen-bond donors (Lipinski definition) is 1. The zero-order valence-corrected chi connectivity index (χ0v) is 10.7. The lowest BCUT2D eigenvalue weighted by atomic mass is 10.4. The van der Waals surface area contributed by atoms with Crippen molar-refractivity contribution in [2.75, 3.05) is 13.2 Å². The van der Waals surface area contributed by atoms with Crippen molar-refractivity contribution < 1.29 is 13.9 Å². The lowest BCUT2D eigenvalue weighted by Gasteiger charge is -2.04. The molecule has 1 amide bonds. The van der Waals surface area contributed by atoms with Gasteiger partial charge in [0.2, 0.25) is 0 Å². The van der Waals surface area contributed by atoms with E-state index >= 15 is 0 Å². The van der Waals surface area contributed by atoms with Crippen molar-refractivity contribution in [3.63, 3.8) is 0 Å². The minimum Gasteiger partial charge on any atom is -0.467 e. The molecule has 2 aromatic rings. The van der Waals surface area contributed by atoms with Gasteiger partial charge in [0, 0.05) is 13.2 Å². The Bertz CT molecular complexity index is 451. The normalized spacial score (nSPS) is 10.4. The van der Waals surface area contributed by atoms with Gasteiger partial charge >= 0.3 is 0 Å². The van der Waals surface area contributed by atoms with Crippen LogP contribution in [0, 0.1) is 0 Å². The third kappa shape index (κ3) is 4.01. The molecule has 2 rings (SSSR count). The van der Waals surface area contributed by atoms with Crippen LogP contribution in [0.25, 0.3) is 0 Å². The number of thiophene rings is 1. The highest BCUT2D eigenvalue weighted by Gasteiger charge is 2.04. The fourth-order valence-electron chi connectivity index (χ4n) is 1.44. The summed E-state index contributed by atoms with van der Waals surface area (Å²) in [7, 11) is 0. The summed E-state index contributed by atoms with van der Waals surface area (Å²) in [6, 6.07) is 7.39. The number of amides is 1. The molecular formula is C13H15NO3S. The van der Waals surface area contributed by atoms with Gasteiger partial charge in [0.25, 0.3) is 5.91 Å². The fourth-order valence-corrected chi connectivity index (χ4v) is 2.08. The van der Waals surface area contributed by atoms with E-state index in [-0.39, 0.29) is 5.91 Å². The van der Waals surface area contributed by atoms with E-state index in [0.29, 0.717) is 19.8 Å². The Hall–Kier alpha value is -1.59. The van der Waals surface area contributed by atoms with Crippen molar-refractivity contribution in [1.29, 1.82) is 0 Å². The summed E-state index contributed by atoms with van der Waals surface area (Å²) < 4.78 is 10.5. The minimum absolute atomic E-state index is 0.0176. The van der Waals surface area contributed by atoms with E-state index in [1.54, 1.807) is 6.26 Å². The van der Waals surface area contributed by atoms with Crippen LogP contribution < -0.4 is 5.32 Å². The van der Waals surface area contributed by atoms with Gasteiger partial charge in [0.1, 0.15) is 12.4 Å². The largest absolute Gasteiger partial charge is 0.467 e. The number of rotatable bonds is 7. The molecule has 0 unspecified atom stereocenters. The predicted octanol–water partition coefficient (Wildman–Crippen LogP) is 2.68. The van der Waals surface area contributed by atoms with Gasteiger partial charge in [-0.1, -0.05) is 6.07 Å². The highest BCUT2D eigenvalue weighted by atomic mass is 32.1.